The fourth-order valence-corrected chi connectivity index (χ4v) is 3.45. The van der Waals surface area contributed by atoms with Crippen LogP contribution in [0.25, 0.3) is 10.8 Å². The van der Waals surface area contributed by atoms with E-state index in [0.29, 0.717) is 34.2 Å². The van der Waals surface area contributed by atoms with Crippen LogP contribution in [0.3, 0.4) is 0 Å². The summed E-state index contributed by atoms with van der Waals surface area (Å²) in [6.07, 6.45) is 0.355. The molecule has 0 unspecified atom stereocenters. The van der Waals surface area contributed by atoms with Crippen LogP contribution in [0.5, 0.6) is 5.75 Å². The van der Waals surface area contributed by atoms with Crippen molar-refractivity contribution in [1.29, 1.82) is 5.26 Å². The van der Waals surface area contributed by atoms with Crippen LogP contribution in [-0.2, 0) is 4.79 Å². The van der Waals surface area contributed by atoms with E-state index in [1.807, 2.05) is 18.2 Å². The minimum absolute atomic E-state index is 0.0584. The van der Waals surface area contributed by atoms with Crippen LogP contribution in [0.1, 0.15) is 39.1 Å². The highest BCUT2D eigenvalue weighted by atomic mass is 16.5. The molecule has 6 heteroatoms. The van der Waals surface area contributed by atoms with Gasteiger partial charge in [0.2, 0.25) is 0 Å². The van der Waals surface area contributed by atoms with E-state index in [1.165, 1.54) is 4.90 Å². The first-order valence-corrected chi connectivity index (χ1v) is 9.17. The van der Waals surface area contributed by atoms with Crippen LogP contribution in [0.4, 0.5) is 0 Å². The van der Waals surface area contributed by atoms with Gasteiger partial charge in [-0.1, -0.05) is 24.3 Å². The van der Waals surface area contributed by atoms with Crippen LogP contribution >= 0.6 is 0 Å². The number of carbonyl (C=O) groups is 3. The minimum atomic E-state index is -0.464. The SMILES string of the molecule is N#Cc1ccc(OC(=O)CCCN2C(=O)c3cccc4cccc(c34)C2=O)cc1. The molecule has 3 aromatic carbocycles. The zero-order chi connectivity index (χ0) is 20.4. The Hall–Kier alpha value is -3.98. The average Bonchev–Trinajstić information content (AvgIpc) is 2.74. The molecular formula is C23H16N2O4. The number of nitriles is 1. The summed E-state index contributed by atoms with van der Waals surface area (Å²) in [5, 5.41) is 10.3. The zero-order valence-electron chi connectivity index (χ0n) is 15.4. The Morgan fingerprint density at radius 1 is 0.931 bits per heavy atom. The smallest absolute Gasteiger partial charge is 0.311 e. The third-order valence-corrected chi connectivity index (χ3v) is 4.83. The largest absolute Gasteiger partial charge is 0.427 e. The molecule has 4 rings (SSSR count). The van der Waals surface area contributed by atoms with Gasteiger partial charge in [-0.3, -0.25) is 19.3 Å². The van der Waals surface area contributed by atoms with Gasteiger partial charge in [-0.15, -0.1) is 0 Å². The second kappa shape index (κ2) is 7.56. The summed E-state index contributed by atoms with van der Waals surface area (Å²) >= 11 is 0. The minimum Gasteiger partial charge on any atom is -0.427 e. The van der Waals surface area contributed by atoms with Crippen molar-refractivity contribution in [3.63, 3.8) is 0 Å². The fraction of sp³-hybridized carbons (Fsp3) is 0.130. The monoisotopic (exact) mass is 384 g/mol. The van der Waals surface area contributed by atoms with Crippen molar-refractivity contribution in [2.45, 2.75) is 12.8 Å². The summed E-state index contributed by atoms with van der Waals surface area (Å²) in [6, 6.07) is 19.0. The zero-order valence-corrected chi connectivity index (χ0v) is 15.4. The average molecular weight is 384 g/mol. The summed E-state index contributed by atoms with van der Waals surface area (Å²) in [5.74, 6) is -0.812. The number of rotatable bonds is 5. The lowest BCUT2D eigenvalue weighted by molar-refractivity contribution is -0.134. The van der Waals surface area contributed by atoms with Gasteiger partial charge < -0.3 is 4.74 Å². The molecular weight excluding hydrogens is 368 g/mol. The summed E-state index contributed by atoms with van der Waals surface area (Å²) in [4.78, 5) is 38.8. The maximum Gasteiger partial charge on any atom is 0.311 e. The first-order valence-electron chi connectivity index (χ1n) is 9.17. The lowest BCUT2D eigenvalue weighted by Gasteiger charge is -2.27. The molecule has 29 heavy (non-hydrogen) atoms. The van der Waals surface area contributed by atoms with Crippen molar-refractivity contribution in [2.75, 3.05) is 6.54 Å². The van der Waals surface area contributed by atoms with Gasteiger partial charge in [-0.25, -0.2) is 0 Å². The van der Waals surface area contributed by atoms with Gasteiger partial charge >= 0.3 is 5.97 Å². The second-order valence-electron chi connectivity index (χ2n) is 6.69. The molecule has 0 fully saturated rings. The first-order chi connectivity index (χ1) is 14.1. The Kier molecular flexibility index (Phi) is 4.80. The quantitative estimate of drug-likeness (QED) is 0.380. The van der Waals surface area contributed by atoms with Crippen molar-refractivity contribution >= 4 is 28.6 Å². The number of esters is 1. The number of hydrogen-bond acceptors (Lipinski definition) is 5. The van der Waals surface area contributed by atoms with Crippen LogP contribution in [0.2, 0.25) is 0 Å². The van der Waals surface area contributed by atoms with E-state index < -0.39 is 5.97 Å². The van der Waals surface area contributed by atoms with Gasteiger partial charge in [0, 0.05) is 29.5 Å². The summed E-state index contributed by atoms with van der Waals surface area (Å²) in [5.41, 5.74) is 1.47. The highest BCUT2D eigenvalue weighted by Gasteiger charge is 2.32. The first kappa shape index (κ1) is 18.4. The summed E-state index contributed by atoms with van der Waals surface area (Å²) in [7, 11) is 0. The number of carbonyl (C=O) groups excluding carboxylic acids is 3. The molecule has 0 saturated heterocycles. The van der Waals surface area contributed by atoms with E-state index in [9.17, 15) is 14.4 Å². The molecule has 0 spiro atoms. The Morgan fingerprint density at radius 3 is 2.14 bits per heavy atom. The van der Waals surface area contributed by atoms with Gasteiger partial charge in [0.05, 0.1) is 11.6 Å². The van der Waals surface area contributed by atoms with Gasteiger partial charge in [-0.05, 0) is 48.2 Å². The van der Waals surface area contributed by atoms with Gasteiger partial charge in [0.25, 0.3) is 11.8 Å². The van der Waals surface area contributed by atoms with Gasteiger partial charge in [-0.2, -0.15) is 5.26 Å². The van der Waals surface area contributed by atoms with E-state index in [2.05, 4.69) is 0 Å². The van der Waals surface area contributed by atoms with E-state index in [4.69, 9.17) is 10.00 Å². The fourth-order valence-electron chi connectivity index (χ4n) is 3.45. The van der Waals surface area contributed by atoms with E-state index in [1.54, 1.807) is 48.5 Å². The molecule has 1 aliphatic rings. The number of benzene rings is 3. The van der Waals surface area contributed by atoms with Crippen molar-refractivity contribution in [1.82, 2.24) is 4.90 Å². The van der Waals surface area contributed by atoms with Gasteiger partial charge in [0.1, 0.15) is 5.75 Å². The van der Waals surface area contributed by atoms with Crippen LogP contribution < -0.4 is 4.74 Å². The third kappa shape index (κ3) is 3.46. The lowest BCUT2D eigenvalue weighted by atomic mass is 9.94. The molecule has 0 atom stereocenters. The Labute approximate surface area is 166 Å². The Bertz CT molecular complexity index is 1120. The highest BCUT2D eigenvalue weighted by molar-refractivity contribution is 6.25. The molecule has 1 aliphatic heterocycles. The maximum absolute atomic E-state index is 12.8. The van der Waals surface area contributed by atoms with Gasteiger partial charge in [0.15, 0.2) is 0 Å². The van der Waals surface area contributed by atoms with E-state index >= 15 is 0 Å². The number of hydrogen-bond donors (Lipinski definition) is 0. The standard InChI is InChI=1S/C23H16N2O4/c24-14-15-9-11-17(12-10-15)29-20(26)8-3-13-25-22(27)18-6-1-4-16-5-2-7-19(21(16)18)23(25)28/h1-2,4-7,9-12H,3,8,13H2. The molecule has 0 aliphatic carbocycles. The van der Waals surface area contributed by atoms with Crippen molar-refractivity contribution in [2.24, 2.45) is 0 Å². The molecule has 0 bridgehead atoms. The number of imide groups is 1. The van der Waals surface area contributed by atoms with Crippen LogP contribution in [-0.4, -0.2) is 29.2 Å². The topological polar surface area (TPSA) is 87.5 Å². The molecule has 142 valence electrons. The van der Waals surface area contributed by atoms with E-state index in [0.717, 1.165) is 5.39 Å². The molecule has 0 N–H and O–H groups in total. The molecule has 0 radical (unpaired) electrons. The predicted molar refractivity (Wildman–Crippen MR) is 105 cm³/mol. The molecule has 6 nitrogen and oxygen atoms in total. The molecule has 0 aromatic heterocycles. The van der Waals surface area contributed by atoms with E-state index in [-0.39, 0.29) is 24.8 Å². The van der Waals surface area contributed by atoms with Crippen molar-refractivity contribution in [3.8, 4) is 11.8 Å². The van der Waals surface area contributed by atoms with Crippen molar-refractivity contribution in [3.05, 3.63) is 77.4 Å². The molecule has 0 saturated carbocycles. The van der Waals surface area contributed by atoms with Crippen LogP contribution in [0, 0.1) is 11.3 Å². The predicted octanol–water partition coefficient (Wildman–Crippen LogP) is 3.69. The number of nitrogens with zero attached hydrogens (tertiary/aromatic N) is 2. The molecule has 3 aromatic rings. The van der Waals surface area contributed by atoms with Crippen molar-refractivity contribution < 1.29 is 19.1 Å². The number of amides is 2. The Balaban J connectivity index is 1.41. The third-order valence-electron chi connectivity index (χ3n) is 4.83. The maximum atomic E-state index is 12.8. The molecule has 2 amide bonds. The highest BCUT2D eigenvalue weighted by Crippen LogP contribution is 2.30. The van der Waals surface area contributed by atoms with Crippen LogP contribution in [0.15, 0.2) is 60.7 Å². The normalized spacial score (nSPS) is 12.7. The summed E-state index contributed by atoms with van der Waals surface area (Å²) in [6.45, 7) is 0.130. The number of ether oxygens (including phenoxy) is 1. The summed E-state index contributed by atoms with van der Waals surface area (Å²) < 4.78 is 5.22. The lowest BCUT2D eigenvalue weighted by Crippen LogP contribution is -2.41. The second-order valence-corrected chi connectivity index (χ2v) is 6.69. The Morgan fingerprint density at radius 2 is 1.55 bits per heavy atom. The molecule has 1 heterocycles.